The lowest BCUT2D eigenvalue weighted by atomic mass is 9.88. The molecule has 0 radical (unpaired) electrons. The highest BCUT2D eigenvalue weighted by Crippen LogP contribution is 2.20. The Labute approximate surface area is 132 Å². The van der Waals surface area contributed by atoms with Crippen molar-refractivity contribution < 1.29 is 14.7 Å². The highest BCUT2D eigenvalue weighted by atomic mass is 16.4. The average molecular weight is 305 g/mol. The van der Waals surface area contributed by atoms with Crippen molar-refractivity contribution in [3.05, 3.63) is 35.4 Å². The number of aryl methyl sites for hydroxylation is 2. The number of hydrogen-bond donors (Lipinski definition) is 2. The summed E-state index contributed by atoms with van der Waals surface area (Å²) in [6, 6.07) is 8.27. The van der Waals surface area contributed by atoms with Crippen LogP contribution in [0.1, 0.15) is 57.6 Å². The third-order valence-corrected chi connectivity index (χ3v) is 4.32. The van der Waals surface area contributed by atoms with Crippen LogP contribution in [0.15, 0.2) is 24.3 Å². The van der Waals surface area contributed by atoms with E-state index in [1.54, 1.807) is 0 Å². The minimum atomic E-state index is -0.876. The molecule has 0 atom stereocenters. The zero-order valence-corrected chi connectivity index (χ0v) is 13.8. The van der Waals surface area contributed by atoms with E-state index in [1.165, 1.54) is 5.56 Å². The number of hydrogen-bond acceptors (Lipinski definition) is 2. The Balaban J connectivity index is 2.57. The molecule has 22 heavy (non-hydrogen) atoms. The van der Waals surface area contributed by atoms with Gasteiger partial charge >= 0.3 is 5.97 Å². The molecule has 0 heterocycles. The Morgan fingerprint density at radius 2 is 1.59 bits per heavy atom. The van der Waals surface area contributed by atoms with E-state index in [1.807, 2.05) is 13.8 Å². The molecule has 0 bridgehead atoms. The van der Waals surface area contributed by atoms with Crippen molar-refractivity contribution >= 4 is 11.9 Å². The van der Waals surface area contributed by atoms with E-state index in [-0.39, 0.29) is 12.3 Å². The highest BCUT2D eigenvalue weighted by Gasteiger charge is 2.30. The van der Waals surface area contributed by atoms with Gasteiger partial charge in [-0.1, -0.05) is 45.0 Å². The Morgan fingerprint density at radius 3 is 2.05 bits per heavy atom. The normalized spacial score (nSPS) is 11.2. The summed E-state index contributed by atoms with van der Waals surface area (Å²) in [5.41, 5.74) is 1.78. The Kier molecular flexibility index (Phi) is 7.09. The van der Waals surface area contributed by atoms with Crippen molar-refractivity contribution in [1.82, 2.24) is 5.32 Å². The van der Waals surface area contributed by atoms with Crippen LogP contribution < -0.4 is 5.32 Å². The van der Waals surface area contributed by atoms with Gasteiger partial charge in [0.25, 0.3) is 0 Å². The zero-order chi connectivity index (χ0) is 16.6. The second-order valence-electron chi connectivity index (χ2n) is 5.78. The standard InChI is InChI=1S/C18H27NO3/c1-4-14-7-9-15(10-8-14)11-12-16(20)19-18(5-2,6-3)13-17(21)22/h7-10H,4-6,11-13H2,1-3H3,(H,19,20)(H,21,22). The fourth-order valence-corrected chi connectivity index (χ4v) is 2.57. The molecule has 0 aliphatic carbocycles. The first-order valence-corrected chi connectivity index (χ1v) is 8.05. The first kappa shape index (κ1) is 18.2. The minimum Gasteiger partial charge on any atom is -0.481 e. The maximum Gasteiger partial charge on any atom is 0.305 e. The van der Waals surface area contributed by atoms with Gasteiger partial charge in [-0.25, -0.2) is 0 Å². The summed E-state index contributed by atoms with van der Waals surface area (Å²) in [5, 5.41) is 12.0. The number of rotatable bonds is 9. The fourth-order valence-electron chi connectivity index (χ4n) is 2.57. The predicted molar refractivity (Wildman–Crippen MR) is 87.8 cm³/mol. The molecule has 1 rings (SSSR count). The van der Waals surface area contributed by atoms with Crippen LogP contribution in [0.5, 0.6) is 0 Å². The van der Waals surface area contributed by atoms with Gasteiger partial charge in [0.1, 0.15) is 0 Å². The SMILES string of the molecule is CCc1ccc(CCC(=O)NC(CC)(CC)CC(=O)O)cc1. The molecule has 0 aliphatic heterocycles. The third kappa shape index (κ3) is 5.51. The monoisotopic (exact) mass is 305 g/mol. The lowest BCUT2D eigenvalue weighted by Gasteiger charge is -2.31. The predicted octanol–water partition coefficient (Wildman–Crippen LogP) is 3.33. The molecule has 0 spiro atoms. The van der Waals surface area contributed by atoms with Crippen LogP contribution in [0, 0.1) is 0 Å². The first-order valence-electron chi connectivity index (χ1n) is 8.05. The van der Waals surface area contributed by atoms with Crippen LogP contribution in [0.25, 0.3) is 0 Å². The third-order valence-electron chi connectivity index (χ3n) is 4.32. The van der Waals surface area contributed by atoms with Gasteiger partial charge in [-0.2, -0.15) is 0 Å². The number of benzene rings is 1. The van der Waals surface area contributed by atoms with Crippen molar-refractivity contribution in [2.75, 3.05) is 0 Å². The van der Waals surface area contributed by atoms with Gasteiger partial charge < -0.3 is 10.4 Å². The van der Waals surface area contributed by atoms with Gasteiger partial charge in [0.15, 0.2) is 0 Å². The van der Waals surface area contributed by atoms with E-state index in [4.69, 9.17) is 5.11 Å². The second-order valence-corrected chi connectivity index (χ2v) is 5.78. The van der Waals surface area contributed by atoms with E-state index in [2.05, 4.69) is 36.5 Å². The molecule has 1 aromatic carbocycles. The van der Waals surface area contributed by atoms with Gasteiger partial charge in [-0.3, -0.25) is 9.59 Å². The molecule has 0 fully saturated rings. The Hall–Kier alpha value is -1.84. The van der Waals surface area contributed by atoms with Crippen molar-refractivity contribution in [2.45, 2.75) is 64.8 Å². The maximum atomic E-state index is 12.2. The smallest absolute Gasteiger partial charge is 0.305 e. The van der Waals surface area contributed by atoms with Crippen LogP contribution in [0.3, 0.4) is 0 Å². The molecule has 1 amide bonds. The number of carboxylic acid groups (broad SMARTS) is 1. The Bertz CT molecular complexity index is 490. The molecule has 0 aromatic heterocycles. The highest BCUT2D eigenvalue weighted by molar-refractivity contribution is 5.78. The first-order chi connectivity index (χ1) is 10.4. The zero-order valence-electron chi connectivity index (χ0n) is 13.8. The van der Waals surface area contributed by atoms with Crippen LogP contribution in [-0.2, 0) is 22.4 Å². The van der Waals surface area contributed by atoms with E-state index in [0.29, 0.717) is 25.7 Å². The minimum absolute atomic E-state index is 0.0308. The molecule has 0 saturated heterocycles. The van der Waals surface area contributed by atoms with Crippen LogP contribution in [0.4, 0.5) is 0 Å². The number of carbonyl (C=O) groups is 2. The van der Waals surface area contributed by atoms with Crippen molar-refractivity contribution in [2.24, 2.45) is 0 Å². The molecule has 122 valence electrons. The van der Waals surface area contributed by atoms with Gasteiger partial charge in [0, 0.05) is 12.0 Å². The molecule has 2 N–H and O–H groups in total. The number of carbonyl (C=O) groups excluding carboxylic acids is 1. The van der Waals surface area contributed by atoms with Crippen LogP contribution >= 0.6 is 0 Å². The van der Waals surface area contributed by atoms with E-state index >= 15 is 0 Å². The molecular weight excluding hydrogens is 278 g/mol. The second kappa shape index (κ2) is 8.57. The van der Waals surface area contributed by atoms with Gasteiger partial charge in [0.05, 0.1) is 6.42 Å². The summed E-state index contributed by atoms with van der Waals surface area (Å²) in [6.45, 7) is 5.94. The van der Waals surface area contributed by atoms with Gasteiger partial charge in [-0.15, -0.1) is 0 Å². The summed E-state index contributed by atoms with van der Waals surface area (Å²) < 4.78 is 0. The largest absolute Gasteiger partial charge is 0.481 e. The number of nitrogens with one attached hydrogen (secondary N) is 1. The molecule has 4 nitrogen and oxygen atoms in total. The molecule has 4 heteroatoms. The van der Waals surface area contributed by atoms with E-state index < -0.39 is 11.5 Å². The lowest BCUT2D eigenvalue weighted by molar-refractivity contribution is -0.139. The summed E-state index contributed by atoms with van der Waals surface area (Å²) in [4.78, 5) is 23.2. The lowest BCUT2D eigenvalue weighted by Crippen LogP contribution is -2.49. The quantitative estimate of drug-likeness (QED) is 0.735. The Morgan fingerprint density at radius 1 is 1.05 bits per heavy atom. The number of aliphatic carboxylic acids is 1. The summed E-state index contributed by atoms with van der Waals surface area (Å²) in [5.74, 6) is -0.955. The van der Waals surface area contributed by atoms with Crippen molar-refractivity contribution in [3.8, 4) is 0 Å². The topological polar surface area (TPSA) is 66.4 Å². The maximum absolute atomic E-state index is 12.2. The van der Waals surface area contributed by atoms with E-state index in [0.717, 1.165) is 12.0 Å². The number of carboxylic acids is 1. The summed E-state index contributed by atoms with van der Waals surface area (Å²) in [7, 11) is 0. The molecule has 0 aliphatic rings. The molecule has 0 unspecified atom stereocenters. The van der Waals surface area contributed by atoms with Crippen molar-refractivity contribution in [1.29, 1.82) is 0 Å². The van der Waals surface area contributed by atoms with Crippen molar-refractivity contribution in [3.63, 3.8) is 0 Å². The molecule has 0 saturated carbocycles. The van der Waals surface area contributed by atoms with Crippen LogP contribution in [-0.4, -0.2) is 22.5 Å². The summed E-state index contributed by atoms with van der Waals surface area (Å²) >= 11 is 0. The van der Waals surface area contributed by atoms with Gasteiger partial charge in [-0.05, 0) is 36.8 Å². The summed E-state index contributed by atoms with van der Waals surface area (Å²) in [6.07, 6.45) is 3.27. The average Bonchev–Trinajstić information content (AvgIpc) is 2.52. The molecule has 1 aromatic rings. The van der Waals surface area contributed by atoms with Crippen LogP contribution in [0.2, 0.25) is 0 Å². The van der Waals surface area contributed by atoms with Gasteiger partial charge in [0.2, 0.25) is 5.91 Å². The number of amides is 1. The van der Waals surface area contributed by atoms with E-state index in [9.17, 15) is 9.59 Å². The fraction of sp³-hybridized carbons (Fsp3) is 0.556. The molecular formula is C18H27NO3.